The van der Waals surface area contributed by atoms with Crippen molar-refractivity contribution in [1.29, 1.82) is 0 Å². The van der Waals surface area contributed by atoms with Crippen molar-refractivity contribution in [2.45, 2.75) is 26.2 Å². The van der Waals surface area contributed by atoms with Gasteiger partial charge in [-0.1, -0.05) is 13.8 Å². The van der Waals surface area contributed by atoms with Gasteiger partial charge in [0.2, 0.25) is 0 Å². The number of rotatable bonds is 1. The lowest BCUT2D eigenvalue weighted by atomic mass is 10.1. The Kier molecular flexibility index (Phi) is 1.34. The van der Waals surface area contributed by atoms with Crippen LogP contribution in [0.3, 0.4) is 0 Å². The highest BCUT2D eigenvalue weighted by atomic mass is 15.0. The highest BCUT2D eigenvalue weighted by Crippen LogP contribution is 2.57. The summed E-state index contributed by atoms with van der Waals surface area (Å²) in [4.78, 5) is 12.1. The van der Waals surface area contributed by atoms with Crippen LogP contribution in [-0.4, -0.2) is 15.0 Å². The summed E-state index contributed by atoms with van der Waals surface area (Å²) in [7, 11) is 0. The lowest BCUT2D eigenvalue weighted by Gasteiger charge is -1.97. The van der Waals surface area contributed by atoms with Crippen LogP contribution in [0.4, 0.5) is 0 Å². The van der Waals surface area contributed by atoms with Crippen LogP contribution < -0.4 is 0 Å². The number of nitrogens with one attached hydrogen (secondary N) is 1. The molecule has 3 heteroatoms. The van der Waals surface area contributed by atoms with Crippen molar-refractivity contribution in [2.24, 2.45) is 5.41 Å². The number of pyridine rings is 1. The van der Waals surface area contributed by atoms with Gasteiger partial charge in [0.1, 0.15) is 5.82 Å². The summed E-state index contributed by atoms with van der Waals surface area (Å²) in [5, 5.41) is 0. The van der Waals surface area contributed by atoms with E-state index in [9.17, 15) is 0 Å². The van der Waals surface area contributed by atoms with Crippen molar-refractivity contribution >= 4 is 11.2 Å². The third-order valence-corrected chi connectivity index (χ3v) is 3.12. The van der Waals surface area contributed by atoms with Crippen LogP contribution in [-0.2, 0) is 0 Å². The SMILES string of the molecule is CC1(C)CC1c1nc2ncccc2[nH]1. The molecule has 1 saturated carbocycles. The van der Waals surface area contributed by atoms with Gasteiger partial charge in [-0.25, -0.2) is 9.97 Å². The van der Waals surface area contributed by atoms with Crippen molar-refractivity contribution < 1.29 is 0 Å². The van der Waals surface area contributed by atoms with E-state index in [2.05, 4.69) is 28.8 Å². The molecule has 3 rings (SSSR count). The second-order valence-electron chi connectivity index (χ2n) is 4.74. The number of aromatic nitrogens is 3. The summed E-state index contributed by atoms with van der Waals surface area (Å²) < 4.78 is 0. The summed E-state index contributed by atoms with van der Waals surface area (Å²) >= 11 is 0. The Morgan fingerprint density at radius 1 is 1.50 bits per heavy atom. The van der Waals surface area contributed by atoms with Crippen molar-refractivity contribution in [3.63, 3.8) is 0 Å². The predicted molar refractivity (Wildman–Crippen MR) is 55.0 cm³/mol. The van der Waals surface area contributed by atoms with E-state index in [4.69, 9.17) is 0 Å². The first kappa shape index (κ1) is 7.97. The fraction of sp³-hybridized carbons (Fsp3) is 0.455. The molecule has 0 bridgehead atoms. The van der Waals surface area contributed by atoms with Crippen LogP contribution >= 0.6 is 0 Å². The van der Waals surface area contributed by atoms with E-state index in [1.54, 1.807) is 6.20 Å². The monoisotopic (exact) mass is 187 g/mol. The van der Waals surface area contributed by atoms with Gasteiger partial charge in [-0.15, -0.1) is 0 Å². The highest BCUT2D eigenvalue weighted by molar-refractivity contribution is 5.70. The second-order valence-corrected chi connectivity index (χ2v) is 4.74. The number of imidazole rings is 1. The molecule has 0 aliphatic heterocycles. The molecule has 2 heterocycles. The molecule has 1 unspecified atom stereocenters. The van der Waals surface area contributed by atoms with Gasteiger partial charge in [0.25, 0.3) is 0 Å². The third-order valence-electron chi connectivity index (χ3n) is 3.12. The number of aromatic amines is 1. The quantitative estimate of drug-likeness (QED) is 0.745. The molecule has 0 spiro atoms. The van der Waals surface area contributed by atoms with Gasteiger partial charge in [-0.05, 0) is 24.0 Å². The number of nitrogens with zero attached hydrogens (tertiary/aromatic N) is 2. The van der Waals surface area contributed by atoms with Gasteiger partial charge in [0.05, 0.1) is 5.52 Å². The lowest BCUT2D eigenvalue weighted by molar-refractivity contribution is 0.611. The maximum absolute atomic E-state index is 4.50. The van der Waals surface area contributed by atoms with E-state index in [0.717, 1.165) is 17.0 Å². The topological polar surface area (TPSA) is 41.6 Å². The highest BCUT2D eigenvalue weighted by Gasteiger charge is 2.48. The molecule has 2 aromatic rings. The largest absolute Gasteiger partial charge is 0.340 e. The average molecular weight is 187 g/mol. The van der Waals surface area contributed by atoms with E-state index in [0.29, 0.717) is 11.3 Å². The number of fused-ring (bicyclic) bond motifs is 1. The Bertz CT molecular complexity index is 451. The first-order valence-corrected chi connectivity index (χ1v) is 4.97. The minimum Gasteiger partial charge on any atom is -0.340 e. The summed E-state index contributed by atoms with van der Waals surface area (Å²) in [5.41, 5.74) is 2.31. The van der Waals surface area contributed by atoms with Gasteiger partial charge in [0, 0.05) is 12.1 Å². The summed E-state index contributed by atoms with van der Waals surface area (Å²) in [6.07, 6.45) is 3.01. The fourth-order valence-electron chi connectivity index (χ4n) is 1.96. The molecule has 14 heavy (non-hydrogen) atoms. The minimum atomic E-state index is 0.424. The summed E-state index contributed by atoms with van der Waals surface area (Å²) in [5.74, 6) is 1.69. The molecular weight excluding hydrogens is 174 g/mol. The molecule has 3 nitrogen and oxygen atoms in total. The molecule has 2 aromatic heterocycles. The van der Waals surface area contributed by atoms with Crippen molar-refractivity contribution in [1.82, 2.24) is 15.0 Å². The third kappa shape index (κ3) is 1.05. The van der Waals surface area contributed by atoms with Crippen molar-refractivity contribution in [3.8, 4) is 0 Å². The van der Waals surface area contributed by atoms with Crippen LogP contribution in [0.15, 0.2) is 18.3 Å². The summed E-state index contributed by atoms with van der Waals surface area (Å²) in [6.45, 7) is 4.55. The van der Waals surface area contributed by atoms with Crippen LogP contribution in [0, 0.1) is 5.41 Å². The molecular formula is C11H13N3. The van der Waals surface area contributed by atoms with Crippen LogP contribution in [0.1, 0.15) is 32.0 Å². The molecule has 0 saturated heterocycles. The van der Waals surface area contributed by atoms with Crippen molar-refractivity contribution in [3.05, 3.63) is 24.2 Å². The first-order valence-electron chi connectivity index (χ1n) is 4.97. The van der Waals surface area contributed by atoms with Crippen LogP contribution in [0.5, 0.6) is 0 Å². The number of hydrogen-bond donors (Lipinski definition) is 1. The van der Waals surface area contributed by atoms with E-state index < -0.39 is 0 Å². The standard InChI is InChI=1S/C11H13N3/c1-11(2)6-7(11)9-13-8-4-3-5-12-10(8)14-9/h3-5,7H,6H2,1-2H3,(H,12,13,14). The van der Waals surface area contributed by atoms with E-state index >= 15 is 0 Å². The van der Waals surface area contributed by atoms with Gasteiger partial charge < -0.3 is 4.98 Å². The predicted octanol–water partition coefficient (Wildman–Crippen LogP) is 2.47. The Morgan fingerprint density at radius 3 is 2.93 bits per heavy atom. The normalized spacial score (nSPS) is 24.0. The first-order chi connectivity index (χ1) is 6.67. The average Bonchev–Trinajstić information content (AvgIpc) is 2.62. The number of H-pyrrole nitrogens is 1. The molecule has 1 aliphatic rings. The Hall–Kier alpha value is -1.38. The number of hydrogen-bond acceptors (Lipinski definition) is 2. The Labute approximate surface area is 82.6 Å². The molecule has 1 atom stereocenters. The van der Waals surface area contributed by atoms with Gasteiger partial charge in [-0.2, -0.15) is 0 Å². The maximum atomic E-state index is 4.50. The van der Waals surface area contributed by atoms with E-state index in [-0.39, 0.29) is 0 Å². The zero-order valence-electron chi connectivity index (χ0n) is 8.41. The zero-order valence-corrected chi connectivity index (χ0v) is 8.41. The molecule has 1 fully saturated rings. The molecule has 0 radical (unpaired) electrons. The minimum absolute atomic E-state index is 0.424. The Balaban J connectivity index is 2.08. The molecule has 0 amide bonds. The maximum Gasteiger partial charge on any atom is 0.177 e. The van der Waals surface area contributed by atoms with Gasteiger partial charge >= 0.3 is 0 Å². The van der Waals surface area contributed by atoms with Crippen molar-refractivity contribution in [2.75, 3.05) is 0 Å². The molecule has 72 valence electrons. The fourth-order valence-corrected chi connectivity index (χ4v) is 1.96. The van der Waals surface area contributed by atoms with Crippen LogP contribution in [0.2, 0.25) is 0 Å². The van der Waals surface area contributed by atoms with E-state index in [1.807, 2.05) is 12.1 Å². The lowest BCUT2D eigenvalue weighted by Crippen LogP contribution is -1.91. The van der Waals surface area contributed by atoms with Gasteiger partial charge in [0.15, 0.2) is 5.65 Å². The Morgan fingerprint density at radius 2 is 2.29 bits per heavy atom. The summed E-state index contributed by atoms with van der Waals surface area (Å²) in [6, 6.07) is 3.95. The van der Waals surface area contributed by atoms with Gasteiger partial charge in [-0.3, -0.25) is 0 Å². The molecule has 0 aromatic carbocycles. The molecule has 1 aliphatic carbocycles. The second kappa shape index (κ2) is 2.35. The van der Waals surface area contributed by atoms with E-state index in [1.165, 1.54) is 6.42 Å². The molecule has 1 N–H and O–H groups in total. The van der Waals surface area contributed by atoms with Crippen LogP contribution in [0.25, 0.3) is 11.2 Å². The zero-order chi connectivity index (χ0) is 9.76. The smallest absolute Gasteiger partial charge is 0.177 e.